The fourth-order valence-corrected chi connectivity index (χ4v) is 2.81. The minimum Gasteiger partial charge on any atom is -0.493 e. The van der Waals surface area contributed by atoms with E-state index in [0.717, 1.165) is 16.5 Å². The summed E-state index contributed by atoms with van der Waals surface area (Å²) in [7, 11) is 2.85. The van der Waals surface area contributed by atoms with Gasteiger partial charge in [-0.2, -0.15) is 0 Å². The van der Waals surface area contributed by atoms with Gasteiger partial charge in [-0.3, -0.25) is 4.79 Å². The number of carboxylic acids is 1. The first-order chi connectivity index (χ1) is 9.97. The average molecular weight is 359 g/mol. The lowest BCUT2D eigenvalue weighted by molar-refractivity contribution is -0.142. The Labute approximate surface area is 130 Å². The highest BCUT2D eigenvalue weighted by Gasteiger charge is 2.46. The van der Waals surface area contributed by atoms with Crippen LogP contribution in [0.2, 0.25) is 0 Å². The van der Waals surface area contributed by atoms with E-state index >= 15 is 0 Å². The van der Waals surface area contributed by atoms with Crippen molar-refractivity contribution < 1.29 is 28.9 Å². The summed E-state index contributed by atoms with van der Waals surface area (Å²) < 4.78 is 15.9. The maximum Gasteiger partial charge on any atom is 0.341 e. The largest absolute Gasteiger partial charge is 0.493 e. The van der Waals surface area contributed by atoms with Crippen LogP contribution in [0.25, 0.3) is 0 Å². The topological polar surface area (TPSA) is 82.1 Å². The van der Waals surface area contributed by atoms with Gasteiger partial charge in [0, 0.05) is 4.47 Å². The first kappa shape index (κ1) is 15.6. The second-order valence-electron chi connectivity index (χ2n) is 4.68. The standard InChI is InChI=1S/C14H15BrO6/c1-19-11-4-8(7-3-9(7)14(18)20-2)10(15)5-12(11)21-6-13(16)17/h4-5,7,9H,3,6H2,1-2H3,(H,16,17)/t7-,9+/m1/s1. The van der Waals surface area contributed by atoms with Gasteiger partial charge in [0.15, 0.2) is 18.1 Å². The molecule has 2 atom stereocenters. The monoisotopic (exact) mass is 358 g/mol. The third-order valence-electron chi connectivity index (χ3n) is 3.33. The number of carbonyl (C=O) groups excluding carboxylic acids is 1. The van der Waals surface area contributed by atoms with Crippen LogP contribution in [0.15, 0.2) is 16.6 Å². The van der Waals surface area contributed by atoms with Crippen LogP contribution in [0, 0.1) is 5.92 Å². The first-order valence-electron chi connectivity index (χ1n) is 6.27. The number of methoxy groups -OCH3 is 2. The number of carboxylic acid groups (broad SMARTS) is 1. The molecule has 21 heavy (non-hydrogen) atoms. The van der Waals surface area contributed by atoms with E-state index in [0.29, 0.717) is 11.5 Å². The van der Waals surface area contributed by atoms with Crippen molar-refractivity contribution in [1.29, 1.82) is 0 Å². The van der Waals surface area contributed by atoms with Crippen molar-refractivity contribution in [3.63, 3.8) is 0 Å². The normalized spacial score (nSPS) is 19.8. The second kappa shape index (κ2) is 6.34. The van der Waals surface area contributed by atoms with E-state index in [9.17, 15) is 9.59 Å². The summed E-state index contributed by atoms with van der Waals surface area (Å²) in [4.78, 5) is 22.1. The highest BCUT2D eigenvalue weighted by atomic mass is 79.9. The fourth-order valence-electron chi connectivity index (χ4n) is 2.20. The molecule has 0 unspecified atom stereocenters. The summed E-state index contributed by atoms with van der Waals surface area (Å²) in [5.41, 5.74) is 0.921. The number of carbonyl (C=O) groups is 2. The van der Waals surface area contributed by atoms with Crippen molar-refractivity contribution in [2.75, 3.05) is 20.8 Å². The molecule has 1 aromatic rings. The van der Waals surface area contributed by atoms with Crippen LogP contribution in [0.5, 0.6) is 11.5 Å². The highest BCUT2D eigenvalue weighted by molar-refractivity contribution is 9.10. The van der Waals surface area contributed by atoms with Crippen molar-refractivity contribution in [2.24, 2.45) is 5.92 Å². The Balaban J connectivity index is 2.21. The lowest BCUT2D eigenvalue weighted by atomic mass is 10.1. The summed E-state index contributed by atoms with van der Waals surface area (Å²) in [6, 6.07) is 3.42. The number of esters is 1. The molecule has 0 spiro atoms. The third-order valence-corrected chi connectivity index (χ3v) is 4.01. The fraction of sp³-hybridized carbons (Fsp3) is 0.429. The van der Waals surface area contributed by atoms with E-state index in [4.69, 9.17) is 19.3 Å². The Morgan fingerprint density at radius 1 is 1.33 bits per heavy atom. The van der Waals surface area contributed by atoms with E-state index in [-0.39, 0.29) is 17.8 Å². The molecule has 0 aliphatic heterocycles. The predicted molar refractivity (Wildman–Crippen MR) is 76.7 cm³/mol. The molecule has 0 heterocycles. The smallest absolute Gasteiger partial charge is 0.341 e. The van der Waals surface area contributed by atoms with Crippen LogP contribution >= 0.6 is 15.9 Å². The van der Waals surface area contributed by atoms with E-state index in [1.54, 1.807) is 12.1 Å². The van der Waals surface area contributed by atoms with Crippen LogP contribution in [0.1, 0.15) is 17.9 Å². The summed E-state index contributed by atoms with van der Waals surface area (Å²) in [5.74, 6) is -0.575. The molecule has 1 saturated carbocycles. The molecule has 0 saturated heterocycles. The Hall–Kier alpha value is -1.76. The van der Waals surface area contributed by atoms with Crippen molar-refractivity contribution in [2.45, 2.75) is 12.3 Å². The number of hydrogen-bond donors (Lipinski definition) is 1. The maximum atomic E-state index is 11.5. The zero-order valence-corrected chi connectivity index (χ0v) is 13.2. The molecule has 0 radical (unpaired) electrons. The summed E-state index contributed by atoms with van der Waals surface area (Å²) in [6.07, 6.45) is 0.726. The van der Waals surface area contributed by atoms with Crippen molar-refractivity contribution >= 4 is 27.9 Å². The molecular formula is C14H15BrO6. The van der Waals surface area contributed by atoms with Gasteiger partial charge in [-0.25, -0.2) is 4.79 Å². The summed E-state index contributed by atoms with van der Waals surface area (Å²) in [6.45, 7) is -0.448. The number of halogens is 1. The van der Waals surface area contributed by atoms with Crippen LogP contribution in [-0.2, 0) is 14.3 Å². The van der Waals surface area contributed by atoms with Crippen molar-refractivity contribution in [1.82, 2.24) is 0 Å². The SMILES string of the molecule is COC(=O)[C@H]1C[C@@H]1c1cc(OC)c(OCC(=O)O)cc1Br. The molecule has 0 amide bonds. The molecule has 114 valence electrons. The number of aliphatic carboxylic acids is 1. The molecular weight excluding hydrogens is 344 g/mol. The number of rotatable bonds is 6. The van der Waals surface area contributed by atoms with Gasteiger partial charge < -0.3 is 19.3 Å². The Kier molecular flexibility index (Phi) is 4.72. The van der Waals surface area contributed by atoms with Crippen LogP contribution in [0.4, 0.5) is 0 Å². The molecule has 6 nitrogen and oxygen atoms in total. The van der Waals surface area contributed by atoms with E-state index in [2.05, 4.69) is 15.9 Å². The molecule has 1 aliphatic rings. The van der Waals surface area contributed by atoms with Crippen LogP contribution in [0.3, 0.4) is 0 Å². The van der Waals surface area contributed by atoms with E-state index in [1.165, 1.54) is 14.2 Å². The first-order valence-corrected chi connectivity index (χ1v) is 7.07. The Bertz CT molecular complexity index is 571. The zero-order chi connectivity index (χ0) is 15.6. The number of ether oxygens (including phenoxy) is 3. The molecule has 0 aromatic heterocycles. The molecule has 1 fully saturated rings. The summed E-state index contributed by atoms with van der Waals surface area (Å²) >= 11 is 3.42. The van der Waals surface area contributed by atoms with Gasteiger partial charge in [-0.05, 0) is 30.0 Å². The molecule has 0 bridgehead atoms. The summed E-state index contributed by atoms with van der Waals surface area (Å²) in [5, 5.41) is 8.65. The number of hydrogen-bond acceptors (Lipinski definition) is 5. The van der Waals surface area contributed by atoms with Crippen molar-refractivity contribution in [3.8, 4) is 11.5 Å². The van der Waals surface area contributed by atoms with Gasteiger partial charge in [-0.15, -0.1) is 0 Å². The van der Waals surface area contributed by atoms with Gasteiger partial charge in [0.1, 0.15) is 0 Å². The zero-order valence-electron chi connectivity index (χ0n) is 11.6. The molecule has 1 aromatic carbocycles. The van der Waals surface area contributed by atoms with Gasteiger partial charge in [0.25, 0.3) is 0 Å². The average Bonchev–Trinajstić information content (AvgIpc) is 3.24. The predicted octanol–water partition coefficient (Wildman–Crippen LogP) is 2.20. The quantitative estimate of drug-likeness (QED) is 0.785. The van der Waals surface area contributed by atoms with Gasteiger partial charge in [-0.1, -0.05) is 15.9 Å². The maximum absolute atomic E-state index is 11.5. The number of benzene rings is 1. The van der Waals surface area contributed by atoms with Gasteiger partial charge >= 0.3 is 11.9 Å². The minimum absolute atomic E-state index is 0.0780. The minimum atomic E-state index is -1.06. The van der Waals surface area contributed by atoms with Gasteiger partial charge in [0.05, 0.1) is 20.1 Å². The third kappa shape index (κ3) is 3.47. The highest BCUT2D eigenvalue weighted by Crippen LogP contribution is 2.52. The van der Waals surface area contributed by atoms with Crippen molar-refractivity contribution in [3.05, 3.63) is 22.2 Å². The van der Waals surface area contributed by atoms with Crippen LogP contribution in [-0.4, -0.2) is 37.9 Å². The van der Waals surface area contributed by atoms with E-state index in [1.807, 2.05) is 0 Å². The molecule has 1 aliphatic carbocycles. The van der Waals surface area contributed by atoms with Gasteiger partial charge in [0.2, 0.25) is 0 Å². The van der Waals surface area contributed by atoms with E-state index < -0.39 is 12.6 Å². The molecule has 2 rings (SSSR count). The van der Waals surface area contributed by atoms with Crippen LogP contribution < -0.4 is 9.47 Å². The lowest BCUT2D eigenvalue weighted by Gasteiger charge is -2.13. The lowest BCUT2D eigenvalue weighted by Crippen LogP contribution is -2.10. The molecule has 7 heteroatoms. The molecule has 1 N–H and O–H groups in total. The Morgan fingerprint density at radius 2 is 2.05 bits per heavy atom. The second-order valence-corrected chi connectivity index (χ2v) is 5.53. The Morgan fingerprint density at radius 3 is 2.62 bits per heavy atom.